The molecule has 286 valence electrons. The average Bonchev–Trinajstić information content (AvgIpc) is 3.18. The van der Waals surface area contributed by atoms with Crippen LogP contribution >= 0.6 is 0 Å². The Bertz CT molecular complexity index is 2720. The number of anilines is 3. The van der Waals surface area contributed by atoms with Crippen LogP contribution in [0.2, 0.25) is 0 Å². The predicted octanol–water partition coefficient (Wildman–Crippen LogP) is 7.11. The normalized spacial score (nSPS) is 12.6. The molecule has 8 nitrogen and oxygen atoms in total. The number of hydrogen-bond acceptors (Lipinski definition) is 7. The third kappa shape index (κ3) is 9.41. The number of benzene rings is 6. The molecule has 0 unspecified atom stereocenters. The van der Waals surface area contributed by atoms with Gasteiger partial charge in [0.25, 0.3) is 0 Å². The third-order valence-corrected chi connectivity index (χ3v) is 11.5. The van der Waals surface area contributed by atoms with Gasteiger partial charge in [-0.1, -0.05) is 89.0 Å². The Balaban J connectivity index is 0.00000567. The summed E-state index contributed by atoms with van der Waals surface area (Å²) in [5.41, 5.74) is 11.2. The van der Waals surface area contributed by atoms with Gasteiger partial charge in [-0.3, -0.25) is 0 Å². The monoisotopic (exact) mass is 814 g/mol. The first kappa shape index (κ1) is 42.4. The van der Waals surface area contributed by atoms with Crippen LogP contribution in [0.5, 0.6) is 0 Å². The molecule has 0 bridgehead atoms. The summed E-state index contributed by atoms with van der Waals surface area (Å²) in [5, 5.41) is 0. The second-order valence-corrected chi connectivity index (χ2v) is 16.8. The number of nitrogens with zero attached hydrogens (tertiary/aromatic N) is 2. The van der Waals surface area contributed by atoms with Gasteiger partial charge in [-0.25, -0.2) is 16.8 Å². The van der Waals surface area contributed by atoms with Crippen LogP contribution in [0.4, 0.5) is 28.4 Å². The zero-order chi connectivity index (χ0) is 40.5. The number of rotatable bonds is 9. The zero-order valence-electron chi connectivity index (χ0n) is 32.7. The van der Waals surface area contributed by atoms with Gasteiger partial charge < -0.3 is 14.0 Å². The van der Waals surface area contributed by atoms with Gasteiger partial charge in [0, 0.05) is 59.0 Å². The number of hydrogen-bond donors (Lipinski definition) is 0. The van der Waals surface area contributed by atoms with E-state index in [0.717, 1.165) is 62.5 Å². The second-order valence-electron chi connectivity index (χ2n) is 14.0. The molecule has 1 aliphatic carbocycles. The van der Waals surface area contributed by atoms with Crippen molar-refractivity contribution >= 4 is 60.0 Å². The Hall–Kier alpha value is -5.17. The van der Waals surface area contributed by atoms with Crippen LogP contribution in [-0.2, 0) is 20.2 Å². The van der Waals surface area contributed by atoms with Gasteiger partial charge in [-0.05, 0) is 105 Å². The molecule has 6 aromatic carbocycles. The Morgan fingerprint density at radius 2 is 0.897 bits per heavy atom. The number of aryl methyl sites for hydroxylation is 4. The van der Waals surface area contributed by atoms with E-state index < -0.39 is 30.0 Å². The van der Waals surface area contributed by atoms with E-state index in [1.807, 2.05) is 173 Å². The van der Waals surface area contributed by atoms with Crippen LogP contribution in [0.3, 0.4) is 0 Å². The minimum atomic E-state index is -5.27. The summed E-state index contributed by atoms with van der Waals surface area (Å²) < 4.78 is 76.6. The third-order valence-electron chi connectivity index (χ3n) is 9.78. The van der Waals surface area contributed by atoms with E-state index in [1.165, 1.54) is 6.07 Å². The van der Waals surface area contributed by atoms with Gasteiger partial charge in [-0.15, -0.1) is 0 Å². The topological polar surface area (TPSA) is 121 Å². The van der Waals surface area contributed by atoms with Gasteiger partial charge in [-0.2, -0.15) is 4.58 Å². The second kappa shape index (κ2) is 17.4. The van der Waals surface area contributed by atoms with Crippen molar-refractivity contribution in [1.29, 1.82) is 0 Å². The van der Waals surface area contributed by atoms with Crippen molar-refractivity contribution in [3.8, 4) is 0 Å². The van der Waals surface area contributed by atoms with Crippen LogP contribution in [0, 0.1) is 27.7 Å². The van der Waals surface area contributed by atoms with Crippen molar-refractivity contribution in [1.82, 2.24) is 4.58 Å². The van der Waals surface area contributed by atoms with Crippen LogP contribution in [0.15, 0.2) is 179 Å². The summed E-state index contributed by atoms with van der Waals surface area (Å²) in [6, 6.07) is 43.0. The first-order valence-corrected chi connectivity index (χ1v) is 21.0. The van der Waals surface area contributed by atoms with Crippen LogP contribution in [0.1, 0.15) is 33.4 Å². The minimum absolute atomic E-state index is 0. The molecule has 58 heavy (non-hydrogen) atoms. The maximum atomic E-state index is 12.8. The fourth-order valence-corrected chi connectivity index (χ4v) is 8.06. The molecule has 0 N–H and O–H groups in total. The Kier molecular flexibility index (Phi) is 12.7. The maximum Gasteiger partial charge on any atom is 1.00 e. The summed E-state index contributed by atoms with van der Waals surface area (Å²) in [4.78, 5) is 0.470. The molecule has 11 heteroatoms. The predicted molar refractivity (Wildman–Crippen MR) is 226 cm³/mol. The fraction of sp³-hybridized carbons (Fsp3) is 0.0851. The van der Waals surface area contributed by atoms with Gasteiger partial charge in [0.1, 0.15) is 20.2 Å². The molecule has 1 aliphatic rings. The minimum Gasteiger partial charge on any atom is -0.744 e. The summed E-state index contributed by atoms with van der Waals surface area (Å²) in [5.74, 6) is 0. The van der Waals surface area contributed by atoms with E-state index in [2.05, 4.69) is 9.48 Å². The first-order valence-electron chi connectivity index (χ1n) is 18.2. The van der Waals surface area contributed by atoms with E-state index in [4.69, 9.17) is 0 Å². The Labute approximate surface area is 362 Å². The summed E-state index contributed by atoms with van der Waals surface area (Å²) in [6.07, 6.45) is 7.47. The molecule has 7 rings (SSSR count). The van der Waals surface area contributed by atoms with Crippen LogP contribution in [-0.4, -0.2) is 31.7 Å². The quantitative estimate of drug-likeness (QED) is 0.0868. The zero-order valence-corrected chi connectivity index (χ0v) is 36.4. The first-order chi connectivity index (χ1) is 27.2. The fourth-order valence-electron chi connectivity index (χ4n) is 6.77. The molecule has 0 aromatic heterocycles. The molecule has 0 heterocycles. The number of allylic oxidation sites excluding steroid dienone is 5. The Morgan fingerprint density at radius 1 is 0.500 bits per heavy atom. The van der Waals surface area contributed by atoms with Crippen LogP contribution in [0.25, 0.3) is 5.57 Å². The molecule has 0 saturated carbocycles. The molecular formula is C47H39N2NaO6S2. The van der Waals surface area contributed by atoms with E-state index in [1.54, 1.807) is 0 Å². The van der Waals surface area contributed by atoms with Gasteiger partial charge in [0.15, 0.2) is 0 Å². The molecule has 0 spiro atoms. The van der Waals surface area contributed by atoms with Crippen LogP contribution < -0.4 is 39.0 Å². The van der Waals surface area contributed by atoms with Crippen molar-refractivity contribution in [2.75, 3.05) is 4.90 Å². The summed E-state index contributed by atoms with van der Waals surface area (Å²) in [7, 11) is -10.3. The summed E-state index contributed by atoms with van der Waals surface area (Å²) in [6.45, 7) is 8.10. The molecule has 6 aromatic rings. The van der Waals surface area contributed by atoms with Crippen molar-refractivity contribution in [3.63, 3.8) is 0 Å². The van der Waals surface area contributed by atoms with Crippen molar-refractivity contribution in [3.05, 3.63) is 203 Å². The molecule has 0 radical (unpaired) electrons. The molecule has 0 atom stereocenters. The molecule has 0 saturated heterocycles. The van der Waals surface area contributed by atoms with Gasteiger partial charge in [0.2, 0.25) is 17.1 Å². The standard InChI is InChI=1S/C47H40N2O6S2.Na/c1-32-5-17-38(18-6-32)48(39-19-7-33(2)8-20-39)42-25-13-36(14-26-42)47(45-30-29-44(56(50,51)52)31-46(45)57(53,54)55)37-15-27-43(28-16-37)49(40-21-9-34(3)10-22-40)41-23-11-35(4)12-24-41;/h5-31H,1-4H3,(H-,50,51,52,53,54,55);/q;+1/p-1. The van der Waals surface area contributed by atoms with E-state index >= 15 is 0 Å². The Morgan fingerprint density at radius 3 is 1.29 bits per heavy atom. The van der Waals surface area contributed by atoms with E-state index in [-0.39, 0.29) is 35.1 Å². The maximum absolute atomic E-state index is 12.8. The SMILES string of the molecule is Cc1ccc(N(c2ccc(C)cc2)c2ccc(C(=C3C=CC(=[N+](c4ccc(C)cc4)c4ccc(C)cc4)C=C3)c3ccc(S(=O)(=O)[O-])cc3S(=O)(=O)[O-])cc2)cc1.[Na+]. The van der Waals surface area contributed by atoms with E-state index in [9.17, 15) is 25.9 Å². The van der Waals surface area contributed by atoms with E-state index in [0.29, 0.717) is 22.8 Å². The average molecular weight is 815 g/mol. The van der Waals surface area contributed by atoms with Crippen molar-refractivity contribution < 1.29 is 55.5 Å². The van der Waals surface area contributed by atoms with Crippen molar-refractivity contribution in [2.45, 2.75) is 37.5 Å². The van der Waals surface area contributed by atoms with Gasteiger partial charge in [0.05, 0.1) is 9.79 Å². The molecule has 0 amide bonds. The molecule has 0 fully saturated rings. The molecular weight excluding hydrogens is 776 g/mol. The molecule has 0 aliphatic heterocycles. The largest absolute Gasteiger partial charge is 1.00 e. The smallest absolute Gasteiger partial charge is 0.744 e. The summed E-state index contributed by atoms with van der Waals surface area (Å²) >= 11 is 0. The van der Waals surface area contributed by atoms with Gasteiger partial charge >= 0.3 is 29.6 Å². The van der Waals surface area contributed by atoms with Crippen molar-refractivity contribution in [2.24, 2.45) is 0 Å².